The molecule has 6 heteroatoms. The van der Waals surface area contributed by atoms with Gasteiger partial charge in [-0.25, -0.2) is 0 Å². The molecule has 7 heavy (non-hydrogen) atoms. The van der Waals surface area contributed by atoms with E-state index in [1.807, 2.05) is 0 Å². The molecular weight excluding hydrogens is 313 g/mol. The first-order chi connectivity index (χ1) is 2.56. The van der Waals surface area contributed by atoms with Gasteiger partial charge in [-0.15, -0.1) is 0 Å². The molecule has 0 fully saturated rings. The number of nitriles is 1. The average molecular weight is 316 g/mol. The van der Waals surface area contributed by atoms with Crippen molar-refractivity contribution < 1.29 is 13.0 Å². The van der Waals surface area contributed by atoms with Crippen LogP contribution in [0.1, 0.15) is 0 Å². The second-order valence-electron chi connectivity index (χ2n) is 0.566. The zero-order valence-electron chi connectivity index (χ0n) is 3.33. The number of hydrogen-bond donors (Lipinski definition) is 1. The van der Waals surface area contributed by atoms with Gasteiger partial charge in [0, 0.05) is 0 Å². The van der Waals surface area contributed by atoms with Crippen molar-refractivity contribution in [2.75, 3.05) is 0 Å². The van der Waals surface area contributed by atoms with Gasteiger partial charge in [0.25, 0.3) is 0 Å². The van der Waals surface area contributed by atoms with Crippen molar-refractivity contribution >= 4 is 37.4 Å². The SMILES string of the molecule is N#CS(=O)(=O)O.[PbH2]. The molecule has 0 aromatic rings. The standard InChI is InChI=1S/CHNO3S.Pb.2H/c2-1-6(3,4)5;;;/h(H,3,4,5);;;. The van der Waals surface area contributed by atoms with Crippen LogP contribution < -0.4 is 0 Å². The van der Waals surface area contributed by atoms with Crippen LogP contribution in [0.2, 0.25) is 0 Å². The van der Waals surface area contributed by atoms with Crippen LogP contribution in [0.25, 0.3) is 0 Å². The minimum atomic E-state index is -4.36. The fourth-order valence-corrected chi connectivity index (χ4v) is 0. The Bertz CT molecular complexity index is 164. The molecule has 0 unspecified atom stereocenters. The molecule has 0 bridgehead atoms. The molecular formula is CH3NO3PbS. The number of hydrogen-bond acceptors (Lipinski definition) is 3. The molecule has 0 aliphatic heterocycles. The van der Waals surface area contributed by atoms with Crippen LogP contribution in [0.3, 0.4) is 0 Å². The van der Waals surface area contributed by atoms with E-state index in [9.17, 15) is 8.42 Å². The fraction of sp³-hybridized carbons (Fsp3) is 0. The van der Waals surface area contributed by atoms with E-state index in [-0.39, 0.29) is 27.3 Å². The Labute approximate surface area is 61.0 Å². The van der Waals surface area contributed by atoms with E-state index in [2.05, 4.69) is 0 Å². The third-order valence-corrected chi connectivity index (χ3v) is 0.346. The maximum absolute atomic E-state index is 9.19. The van der Waals surface area contributed by atoms with Crippen molar-refractivity contribution in [1.29, 1.82) is 5.26 Å². The van der Waals surface area contributed by atoms with Crippen LogP contribution in [0.4, 0.5) is 0 Å². The molecule has 0 amide bonds. The Morgan fingerprint density at radius 1 is 1.57 bits per heavy atom. The molecule has 0 spiro atoms. The van der Waals surface area contributed by atoms with E-state index in [1.54, 1.807) is 0 Å². The van der Waals surface area contributed by atoms with E-state index in [4.69, 9.17) is 9.81 Å². The van der Waals surface area contributed by atoms with Crippen LogP contribution in [0.5, 0.6) is 0 Å². The maximum atomic E-state index is 9.19. The van der Waals surface area contributed by atoms with Gasteiger partial charge in [-0.3, -0.25) is 4.55 Å². The Morgan fingerprint density at radius 3 is 1.71 bits per heavy atom. The molecule has 0 aliphatic carbocycles. The predicted octanol–water partition coefficient (Wildman–Crippen LogP) is -1.56. The molecule has 0 saturated carbocycles. The Balaban J connectivity index is 0. The average Bonchev–Trinajstić information content (AvgIpc) is 1.35. The van der Waals surface area contributed by atoms with Crippen molar-refractivity contribution in [3.63, 3.8) is 0 Å². The summed E-state index contributed by atoms with van der Waals surface area (Å²) < 4.78 is 25.8. The Kier molecular flexibility index (Phi) is 4.93. The summed E-state index contributed by atoms with van der Waals surface area (Å²) in [6.07, 6.45) is 0. The summed E-state index contributed by atoms with van der Waals surface area (Å²) in [4.78, 5) is 0. The summed E-state index contributed by atoms with van der Waals surface area (Å²) >= 11 is 0. The second-order valence-corrected chi connectivity index (χ2v) is 1.70. The number of nitrogens with zero attached hydrogens (tertiary/aromatic N) is 1. The summed E-state index contributed by atoms with van der Waals surface area (Å²) in [6.45, 7) is 0. The van der Waals surface area contributed by atoms with Crippen molar-refractivity contribution in [2.24, 2.45) is 0 Å². The van der Waals surface area contributed by atoms with E-state index in [0.29, 0.717) is 5.40 Å². The molecule has 0 atom stereocenters. The normalized spacial score (nSPS) is 8.57. The molecule has 40 valence electrons. The number of rotatable bonds is 0. The summed E-state index contributed by atoms with van der Waals surface area (Å²) in [6, 6.07) is 0. The Morgan fingerprint density at radius 2 is 1.71 bits per heavy atom. The van der Waals surface area contributed by atoms with Gasteiger partial charge in [0.1, 0.15) is 0 Å². The molecule has 0 aromatic carbocycles. The summed E-state index contributed by atoms with van der Waals surface area (Å²) in [5, 5.41) is 7.95. The topological polar surface area (TPSA) is 78.2 Å². The monoisotopic (exact) mass is 317 g/mol. The van der Waals surface area contributed by atoms with E-state index < -0.39 is 10.1 Å². The van der Waals surface area contributed by atoms with Crippen LogP contribution in [-0.2, 0) is 10.1 Å². The zero-order chi connectivity index (χ0) is 5.21. The third kappa shape index (κ3) is 10.7. The minimum absolute atomic E-state index is 0. The van der Waals surface area contributed by atoms with E-state index >= 15 is 0 Å². The van der Waals surface area contributed by atoms with Crippen LogP contribution in [-0.4, -0.2) is 40.3 Å². The first kappa shape index (κ1) is 10.3. The van der Waals surface area contributed by atoms with Crippen molar-refractivity contribution in [1.82, 2.24) is 0 Å². The van der Waals surface area contributed by atoms with Crippen LogP contribution in [0, 0.1) is 10.7 Å². The van der Waals surface area contributed by atoms with Gasteiger partial charge in [0.05, 0.1) is 0 Å². The van der Waals surface area contributed by atoms with E-state index in [0.717, 1.165) is 0 Å². The van der Waals surface area contributed by atoms with Gasteiger partial charge >= 0.3 is 37.4 Å². The third-order valence-electron chi connectivity index (χ3n) is 0.115. The predicted molar refractivity (Wildman–Crippen MR) is 25.7 cm³/mol. The molecule has 1 N–H and O–H groups in total. The van der Waals surface area contributed by atoms with Gasteiger partial charge in [-0.05, 0) is 0 Å². The summed E-state index contributed by atoms with van der Waals surface area (Å²) in [5.41, 5.74) is 0. The molecule has 0 aliphatic rings. The molecule has 0 rings (SSSR count). The van der Waals surface area contributed by atoms with Crippen molar-refractivity contribution in [3.05, 3.63) is 0 Å². The molecule has 0 aromatic heterocycles. The van der Waals surface area contributed by atoms with Crippen LogP contribution in [0.15, 0.2) is 0 Å². The fourth-order valence-electron chi connectivity index (χ4n) is 0. The molecule has 0 saturated heterocycles. The van der Waals surface area contributed by atoms with E-state index in [1.165, 1.54) is 0 Å². The van der Waals surface area contributed by atoms with Crippen LogP contribution >= 0.6 is 0 Å². The quantitative estimate of drug-likeness (QED) is 0.254. The summed E-state index contributed by atoms with van der Waals surface area (Å²) in [7, 11) is -4.36. The van der Waals surface area contributed by atoms with Crippen molar-refractivity contribution in [2.45, 2.75) is 0 Å². The second kappa shape index (κ2) is 3.34. The van der Waals surface area contributed by atoms with Gasteiger partial charge in [0.15, 0.2) is 0 Å². The van der Waals surface area contributed by atoms with Gasteiger partial charge < -0.3 is 0 Å². The zero-order valence-corrected chi connectivity index (χ0v) is 9.64. The first-order valence-corrected chi connectivity index (χ1v) is 2.38. The van der Waals surface area contributed by atoms with Gasteiger partial charge in [-0.2, -0.15) is 13.7 Å². The molecule has 4 nitrogen and oxygen atoms in total. The number of thiocyanates is 1. The molecule has 2 radical (unpaired) electrons. The first-order valence-electron chi connectivity index (χ1n) is 0.944. The summed E-state index contributed by atoms with van der Waals surface area (Å²) in [5.74, 6) is 0. The van der Waals surface area contributed by atoms with Crippen molar-refractivity contribution in [3.8, 4) is 5.40 Å². The Hall–Kier alpha value is 0.322. The van der Waals surface area contributed by atoms with Gasteiger partial charge in [-0.1, -0.05) is 0 Å². The molecule has 0 heterocycles. The van der Waals surface area contributed by atoms with Gasteiger partial charge in [0.2, 0.25) is 5.40 Å².